The first-order valence-electron chi connectivity index (χ1n) is 5.84. The molecule has 1 heterocycles. The minimum absolute atomic E-state index is 0.0368. The molecule has 1 atom stereocenters. The summed E-state index contributed by atoms with van der Waals surface area (Å²) in [6.45, 7) is 4.51. The van der Waals surface area contributed by atoms with Crippen LogP contribution in [0.25, 0.3) is 0 Å². The van der Waals surface area contributed by atoms with E-state index in [0.717, 1.165) is 25.0 Å². The van der Waals surface area contributed by atoms with Gasteiger partial charge in [-0.3, -0.25) is 4.79 Å². The number of hydrogen-bond acceptors (Lipinski definition) is 2. The number of amides is 1. The quantitative estimate of drug-likeness (QED) is 0.685. The maximum absolute atomic E-state index is 11.9. The van der Waals surface area contributed by atoms with Crippen LogP contribution in [0.3, 0.4) is 0 Å². The largest absolute Gasteiger partial charge is 0.365 e. The molecule has 1 amide bonds. The van der Waals surface area contributed by atoms with E-state index in [2.05, 4.69) is 17.2 Å². The van der Waals surface area contributed by atoms with Gasteiger partial charge in [0.1, 0.15) is 0 Å². The van der Waals surface area contributed by atoms with Gasteiger partial charge in [-0.25, -0.2) is 0 Å². The summed E-state index contributed by atoms with van der Waals surface area (Å²) in [6, 6.07) is 1.87. The Kier molecular flexibility index (Phi) is 5.05. The highest BCUT2D eigenvalue weighted by Crippen LogP contribution is 2.06. The number of unbranched alkanes of at least 4 members (excludes halogenated alkanes) is 1. The van der Waals surface area contributed by atoms with Crippen molar-refractivity contribution in [1.29, 1.82) is 0 Å². The van der Waals surface area contributed by atoms with Crippen molar-refractivity contribution in [2.24, 2.45) is 5.73 Å². The summed E-state index contributed by atoms with van der Waals surface area (Å²) in [6.07, 6.45) is 4.93. The van der Waals surface area contributed by atoms with Crippen LogP contribution in [0.1, 0.15) is 42.2 Å². The lowest BCUT2D eigenvalue weighted by Crippen LogP contribution is -2.40. The Balaban J connectivity index is 2.52. The molecule has 0 aliphatic heterocycles. The van der Waals surface area contributed by atoms with Gasteiger partial charge in [-0.1, -0.05) is 19.8 Å². The van der Waals surface area contributed by atoms with E-state index < -0.39 is 0 Å². The summed E-state index contributed by atoms with van der Waals surface area (Å²) in [4.78, 5) is 14.9. The van der Waals surface area contributed by atoms with Crippen LogP contribution in [-0.4, -0.2) is 23.5 Å². The summed E-state index contributed by atoms with van der Waals surface area (Å²) >= 11 is 0. The van der Waals surface area contributed by atoms with Crippen molar-refractivity contribution < 1.29 is 4.79 Å². The molecule has 0 aliphatic carbocycles. The second kappa shape index (κ2) is 6.33. The van der Waals surface area contributed by atoms with Gasteiger partial charge in [0.15, 0.2) is 0 Å². The van der Waals surface area contributed by atoms with Crippen LogP contribution >= 0.6 is 0 Å². The van der Waals surface area contributed by atoms with Gasteiger partial charge in [-0.15, -0.1) is 0 Å². The van der Waals surface area contributed by atoms with Crippen LogP contribution in [0.2, 0.25) is 0 Å². The third-order valence-corrected chi connectivity index (χ3v) is 2.72. The number of nitrogens with one attached hydrogen (secondary N) is 2. The molecule has 0 saturated carbocycles. The molecule has 1 unspecified atom stereocenters. The van der Waals surface area contributed by atoms with Crippen LogP contribution in [-0.2, 0) is 0 Å². The molecule has 4 N–H and O–H groups in total. The predicted molar refractivity (Wildman–Crippen MR) is 65.4 cm³/mol. The van der Waals surface area contributed by atoms with E-state index in [1.807, 2.05) is 6.92 Å². The lowest BCUT2D eigenvalue weighted by atomic mass is 10.1. The highest BCUT2D eigenvalue weighted by Gasteiger charge is 2.13. The van der Waals surface area contributed by atoms with E-state index >= 15 is 0 Å². The number of H-pyrrole nitrogens is 1. The first-order chi connectivity index (χ1) is 7.69. The van der Waals surface area contributed by atoms with E-state index in [9.17, 15) is 4.79 Å². The highest BCUT2D eigenvalue weighted by atomic mass is 16.1. The number of rotatable bonds is 6. The Morgan fingerprint density at radius 2 is 2.38 bits per heavy atom. The van der Waals surface area contributed by atoms with Gasteiger partial charge < -0.3 is 16.0 Å². The fraction of sp³-hybridized carbons (Fsp3) is 0.583. The summed E-state index contributed by atoms with van der Waals surface area (Å²) in [5.74, 6) is -0.0368. The van der Waals surface area contributed by atoms with Crippen LogP contribution in [0, 0.1) is 6.92 Å². The Morgan fingerprint density at radius 1 is 1.62 bits per heavy atom. The van der Waals surface area contributed by atoms with Gasteiger partial charge >= 0.3 is 0 Å². The predicted octanol–water partition coefficient (Wildman–Crippen LogP) is 1.57. The standard InChI is InChI=1S/C12H21N3O/c1-3-4-5-10(8-13)15-12(16)11-6-7-14-9(11)2/h6-7,10,14H,3-5,8,13H2,1-2H3,(H,15,16). The topological polar surface area (TPSA) is 70.9 Å². The van der Waals surface area contributed by atoms with E-state index in [4.69, 9.17) is 5.73 Å². The van der Waals surface area contributed by atoms with Gasteiger partial charge in [0.25, 0.3) is 5.91 Å². The molecule has 1 aromatic heterocycles. The van der Waals surface area contributed by atoms with Crippen molar-refractivity contribution in [3.8, 4) is 0 Å². The molecule has 0 fully saturated rings. The third-order valence-electron chi connectivity index (χ3n) is 2.72. The summed E-state index contributed by atoms with van der Waals surface area (Å²) in [5, 5.41) is 2.96. The first-order valence-corrected chi connectivity index (χ1v) is 5.84. The van der Waals surface area contributed by atoms with Gasteiger partial charge in [0.2, 0.25) is 0 Å². The number of carbonyl (C=O) groups is 1. The van der Waals surface area contributed by atoms with Crippen molar-refractivity contribution in [3.05, 3.63) is 23.5 Å². The van der Waals surface area contributed by atoms with Crippen LogP contribution in [0.5, 0.6) is 0 Å². The lowest BCUT2D eigenvalue weighted by molar-refractivity contribution is 0.0935. The van der Waals surface area contributed by atoms with Gasteiger partial charge in [-0.2, -0.15) is 0 Å². The van der Waals surface area contributed by atoms with Crippen molar-refractivity contribution >= 4 is 5.91 Å². The molecule has 0 radical (unpaired) electrons. The normalized spacial score (nSPS) is 12.4. The molecule has 4 heteroatoms. The average molecular weight is 223 g/mol. The molecular weight excluding hydrogens is 202 g/mol. The molecule has 1 rings (SSSR count). The first kappa shape index (κ1) is 12.8. The summed E-state index contributed by atoms with van der Waals surface area (Å²) < 4.78 is 0. The van der Waals surface area contributed by atoms with E-state index in [1.165, 1.54) is 0 Å². The Morgan fingerprint density at radius 3 is 2.88 bits per heavy atom. The molecule has 16 heavy (non-hydrogen) atoms. The second-order valence-corrected chi connectivity index (χ2v) is 4.06. The van der Waals surface area contributed by atoms with Crippen LogP contribution in [0.4, 0.5) is 0 Å². The van der Waals surface area contributed by atoms with Crippen molar-refractivity contribution in [2.45, 2.75) is 39.2 Å². The fourth-order valence-corrected chi connectivity index (χ4v) is 1.66. The number of nitrogens with two attached hydrogens (primary N) is 1. The number of carbonyl (C=O) groups excluding carboxylic acids is 1. The molecule has 4 nitrogen and oxygen atoms in total. The Hall–Kier alpha value is -1.29. The maximum atomic E-state index is 11.9. The smallest absolute Gasteiger partial charge is 0.253 e. The minimum atomic E-state index is -0.0368. The summed E-state index contributed by atoms with van der Waals surface area (Å²) in [7, 11) is 0. The van der Waals surface area contributed by atoms with E-state index in [-0.39, 0.29) is 11.9 Å². The Labute approximate surface area is 96.6 Å². The van der Waals surface area contributed by atoms with Crippen molar-refractivity contribution in [2.75, 3.05) is 6.54 Å². The fourth-order valence-electron chi connectivity index (χ4n) is 1.66. The number of aromatic amines is 1. The average Bonchev–Trinajstić information content (AvgIpc) is 2.70. The monoisotopic (exact) mass is 223 g/mol. The lowest BCUT2D eigenvalue weighted by Gasteiger charge is -2.16. The minimum Gasteiger partial charge on any atom is -0.365 e. The van der Waals surface area contributed by atoms with E-state index in [1.54, 1.807) is 12.3 Å². The van der Waals surface area contributed by atoms with Gasteiger partial charge in [0, 0.05) is 24.5 Å². The molecule has 0 bridgehead atoms. The van der Waals surface area contributed by atoms with Crippen molar-refractivity contribution in [1.82, 2.24) is 10.3 Å². The van der Waals surface area contributed by atoms with Crippen molar-refractivity contribution in [3.63, 3.8) is 0 Å². The molecule has 1 aromatic rings. The third kappa shape index (κ3) is 3.38. The second-order valence-electron chi connectivity index (χ2n) is 4.06. The van der Waals surface area contributed by atoms with Crippen LogP contribution < -0.4 is 11.1 Å². The molecule has 90 valence electrons. The molecule has 0 aromatic carbocycles. The SMILES string of the molecule is CCCCC(CN)NC(=O)c1cc[nH]c1C. The molecule has 0 spiro atoms. The number of hydrogen-bond donors (Lipinski definition) is 3. The molecular formula is C12H21N3O. The van der Waals surface area contributed by atoms with Gasteiger partial charge in [-0.05, 0) is 19.4 Å². The maximum Gasteiger partial charge on any atom is 0.253 e. The van der Waals surface area contributed by atoms with E-state index in [0.29, 0.717) is 12.1 Å². The molecule has 0 aliphatic rings. The Bertz CT molecular complexity index is 333. The zero-order valence-electron chi connectivity index (χ0n) is 10.0. The molecule has 0 saturated heterocycles. The van der Waals surface area contributed by atoms with Crippen LogP contribution in [0.15, 0.2) is 12.3 Å². The van der Waals surface area contributed by atoms with Gasteiger partial charge in [0.05, 0.1) is 5.56 Å². The zero-order valence-corrected chi connectivity index (χ0v) is 10.0. The zero-order chi connectivity index (χ0) is 12.0. The summed E-state index contributed by atoms with van der Waals surface area (Å²) in [5.41, 5.74) is 7.23. The number of aromatic nitrogens is 1. The number of aryl methyl sites for hydroxylation is 1. The highest BCUT2D eigenvalue weighted by molar-refractivity contribution is 5.95.